The van der Waals surface area contributed by atoms with Gasteiger partial charge in [0.1, 0.15) is 23.0 Å². The van der Waals surface area contributed by atoms with E-state index in [1.54, 1.807) is 38.1 Å². The van der Waals surface area contributed by atoms with Gasteiger partial charge in [0, 0.05) is 40.7 Å². The van der Waals surface area contributed by atoms with Crippen LogP contribution < -0.4 is 39.8 Å². The van der Waals surface area contributed by atoms with Gasteiger partial charge >= 0.3 is 20.2 Å². The second-order valence-corrected chi connectivity index (χ2v) is 23.3. The Hall–Kier alpha value is -7.94. The van der Waals surface area contributed by atoms with Crippen LogP contribution in [0, 0.1) is 11.8 Å². The highest BCUT2D eigenvalue weighted by molar-refractivity contribution is 7.34. The van der Waals surface area contributed by atoms with Crippen molar-refractivity contribution in [1.82, 2.24) is 31.4 Å². The fourth-order valence-electron chi connectivity index (χ4n) is 10.6. The van der Waals surface area contributed by atoms with Crippen LogP contribution in [-0.2, 0) is 43.0 Å². The first-order valence-corrected chi connectivity index (χ1v) is 34.3. The van der Waals surface area contributed by atoms with Gasteiger partial charge in [-0.1, -0.05) is 144 Å². The summed E-state index contributed by atoms with van der Waals surface area (Å²) in [6, 6.07) is 13.9. The number of nitrogens with one attached hydrogen (secondary N) is 4. The summed E-state index contributed by atoms with van der Waals surface area (Å²) in [6.07, 6.45) is 19.3. The topological polar surface area (TPSA) is 290 Å². The fourth-order valence-corrected chi connectivity index (χ4v) is 11.2. The highest BCUT2D eigenvalue weighted by Gasteiger charge is 2.35. The molecule has 0 bridgehead atoms. The first kappa shape index (κ1) is 76.5. The zero-order valence-corrected chi connectivity index (χ0v) is 56.2. The average Bonchev–Trinajstić information content (AvgIpc) is 2.09. The lowest BCUT2D eigenvalue weighted by molar-refractivity contribution is -0.204. The molecule has 0 saturated heterocycles. The maximum atomic E-state index is 13.8. The summed E-state index contributed by atoms with van der Waals surface area (Å²) in [4.78, 5) is 116. The zero-order valence-electron chi connectivity index (χ0n) is 55.3. The van der Waals surface area contributed by atoms with E-state index in [0.717, 1.165) is 100 Å². The van der Waals surface area contributed by atoms with Gasteiger partial charge in [-0.15, -0.1) is 0 Å². The van der Waals surface area contributed by atoms with Crippen LogP contribution in [0.5, 0.6) is 23.0 Å². The molecule has 92 heavy (non-hydrogen) atoms. The van der Waals surface area contributed by atoms with Gasteiger partial charge < -0.3 is 49.3 Å². The molecule has 4 atom stereocenters. The van der Waals surface area contributed by atoms with E-state index in [2.05, 4.69) is 35.1 Å². The van der Waals surface area contributed by atoms with Crippen LogP contribution in [0.1, 0.15) is 231 Å². The first-order valence-electron chi connectivity index (χ1n) is 33.2. The minimum Gasteiger partial charge on any atom is -0.494 e. The molecule has 24 heteroatoms. The van der Waals surface area contributed by atoms with Crippen molar-refractivity contribution in [3.63, 3.8) is 0 Å². The molecule has 508 valence electrons. The van der Waals surface area contributed by atoms with Crippen LogP contribution in [0.2, 0.25) is 0 Å². The van der Waals surface area contributed by atoms with Crippen LogP contribution in [0.15, 0.2) is 69.5 Å². The highest BCUT2D eigenvalue weighted by Crippen LogP contribution is 2.39. The van der Waals surface area contributed by atoms with E-state index in [1.807, 2.05) is 27.7 Å². The van der Waals surface area contributed by atoms with Gasteiger partial charge in [-0.25, -0.2) is 18.6 Å². The number of hydrogen-bond donors (Lipinski definition) is 4. The number of hydrogen-bond acceptors (Lipinski definition) is 17. The predicted molar refractivity (Wildman–Crippen MR) is 348 cm³/mol. The molecule has 0 radical (unpaired) electrons. The van der Waals surface area contributed by atoms with Crippen molar-refractivity contribution in [1.29, 1.82) is 0 Å². The van der Waals surface area contributed by atoms with Crippen molar-refractivity contribution in [2.75, 3.05) is 26.6 Å². The van der Waals surface area contributed by atoms with Crippen molar-refractivity contribution in [3.8, 4) is 45.6 Å². The molecule has 0 aliphatic heterocycles. The Kier molecular flexibility index (Phi) is 36.4. The Morgan fingerprint density at radius 1 is 0.467 bits per heavy atom. The molecule has 2 aromatic carbocycles. The van der Waals surface area contributed by atoms with Crippen molar-refractivity contribution < 1.29 is 80.0 Å². The lowest BCUT2D eigenvalue weighted by Crippen LogP contribution is -2.49. The number of ether oxygens (including phenoxy) is 2. The maximum Gasteiger partial charge on any atom is 0.805 e. The van der Waals surface area contributed by atoms with Crippen LogP contribution in [0.4, 0.5) is 0 Å². The minimum absolute atomic E-state index is 0.0653. The van der Waals surface area contributed by atoms with Crippen LogP contribution in [0.25, 0.3) is 22.6 Å². The Morgan fingerprint density at radius 3 is 1.18 bits per heavy atom. The molecule has 2 aromatic heterocycles. The van der Waals surface area contributed by atoms with E-state index in [9.17, 15) is 42.9 Å². The molecule has 0 unspecified atom stereocenters. The van der Waals surface area contributed by atoms with Gasteiger partial charge in [0.25, 0.3) is 11.8 Å². The number of carbonyl (C=O) groups excluding carboxylic acids is 8. The zero-order chi connectivity index (χ0) is 67.0. The van der Waals surface area contributed by atoms with Crippen LogP contribution in [0.3, 0.4) is 0 Å². The molecule has 0 fully saturated rings. The molecular weight excluding hydrogens is 1200 g/mol. The molecule has 4 N–H and O–H groups in total. The first-order chi connectivity index (χ1) is 44.6. The number of carbonyl (C=O) groups is 8. The normalized spacial score (nSPS) is 12.3. The molecule has 0 aliphatic rings. The van der Waals surface area contributed by atoms with Crippen molar-refractivity contribution in [2.24, 2.45) is 11.8 Å². The standard InChI is InChI=1S/C68H99N6O17P/c1-9-17-21-23-25-29-33-63(77)88-73(47-75)57(13-5)55(31-27-19-11-3)65(79)69-45-71-67(81)61-37-35-59(86-61)49-39-51(84-15-7)43-53(41-49)90-92(83)91-54-42-50(40-52(44-54)85-16-8)60-36-38-62(87-60)68(82)72-46-70-66(80)56(32-28-20-12-4)58(14-6)74(48-76)89-64(78)34-30-26-24-22-18-10-2/h35-44,47-48,55-58H,9-34,45-46H2,1-8H3,(H3-,69,70,71,72,79,80,81,82)/p+1/t55-,56-,57-,58-/m1/s1. The second kappa shape index (κ2) is 43.8. The number of benzene rings is 2. The summed E-state index contributed by atoms with van der Waals surface area (Å²) in [5.41, 5.74) is 0.790. The number of hydroxylamine groups is 4. The third-order valence-corrected chi connectivity index (χ3v) is 16.1. The summed E-state index contributed by atoms with van der Waals surface area (Å²) in [7, 11) is -2.94. The molecule has 23 nitrogen and oxygen atoms in total. The lowest BCUT2D eigenvalue weighted by Gasteiger charge is -2.31. The Bertz CT molecular complexity index is 2720. The van der Waals surface area contributed by atoms with Crippen molar-refractivity contribution in [2.45, 2.75) is 222 Å². The Labute approximate surface area is 543 Å². The molecule has 0 spiro atoms. The van der Waals surface area contributed by atoms with E-state index in [1.165, 1.54) is 36.4 Å². The number of nitrogens with zero attached hydrogens (tertiary/aromatic N) is 2. The van der Waals surface area contributed by atoms with Crippen LogP contribution >= 0.6 is 8.25 Å². The molecule has 0 aliphatic carbocycles. The SMILES string of the molecule is CCCCCCCCC(=O)ON(C=O)[C@H](CC)[C@@H](CCCCC)C(=O)NCNC(=O)c1ccc(-c2cc(OCC)cc(O[P+](=O)Oc3cc(OCC)cc(-c4ccc(C(=O)NCNC(=O)[C@H](CCCCC)[C@@H](CC)N(C=O)OC(=O)CCCCCCCC)o4)c3)c2)o1. The van der Waals surface area contributed by atoms with Gasteiger partial charge in [-0.05, 0) is 101 Å². The molecule has 2 heterocycles. The molecule has 4 aromatic rings. The van der Waals surface area contributed by atoms with E-state index < -0.39 is 67.7 Å². The van der Waals surface area contributed by atoms with E-state index in [-0.39, 0.29) is 73.9 Å². The summed E-state index contributed by atoms with van der Waals surface area (Å²) in [5, 5.41) is 12.7. The van der Waals surface area contributed by atoms with Crippen LogP contribution in [-0.4, -0.2) is 97.1 Å². The van der Waals surface area contributed by atoms with Crippen molar-refractivity contribution >= 4 is 56.6 Å². The number of unbranched alkanes of at least 4 members (excludes halogenated alkanes) is 14. The summed E-state index contributed by atoms with van der Waals surface area (Å²) >= 11 is 0. The van der Waals surface area contributed by atoms with E-state index in [0.29, 0.717) is 86.8 Å². The molecular formula is C68H100N6O17P+. The maximum absolute atomic E-state index is 13.8. The summed E-state index contributed by atoms with van der Waals surface area (Å²) < 4.78 is 48.8. The Balaban J connectivity index is 1.40. The van der Waals surface area contributed by atoms with Gasteiger partial charge in [0.2, 0.25) is 24.6 Å². The third kappa shape index (κ3) is 26.7. The molecule has 0 saturated carbocycles. The smallest absolute Gasteiger partial charge is 0.494 e. The molecule has 6 amide bonds. The predicted octanol–water partition coefficient (Wildman–Crippen LogP) is 14.0. The van der Waals surface area contributed by atoms with Gasteiger partial charge in [0.15, 0.2) is 23.0 Å². The van der Waals surface area contributed by atoms with Gasteiger partial charge in [0.05, 0.1) is 50.5 Å². The monoisotopic (exact) mass is 1300 g/mol. The Morgan fingerprint density at radius 2 is 0.826 bits per heavy atom. The van der Waals surface area contributed by atoms with E-state index >= 15 is 0 Å². The summed E-state index contributed by atoms with van der Waals surface area (Å²) in [5.74, 6) is -3.64. The quantitative estimate of drug-likeness (QED) is 0.0105. The lowest BCUT2D eigenvalue weighted by atomic mass is 9.90. The fraction of sp³-hybridized carbons (Fsp3) is 0.588. The summed E-state index contributed by atoms with van der Waals surface area (Å²) in [6.45, 7) is 15.5. The third-order valence-electron chi connectivity index (χ3n) is 15.4. The second-order valence-electron chi connectivity index (χ2n) is 22.5. The number of furan rings is 2. The average molecular weight is 1300 g/mol. The van der Waals surface area contributed by atoms with Gasteiger partial charge in [-0.3, -0.25) is 28.8 Å². The number of rotatable bonds is 50. The molecule has 4 rings (SSSR count). The number of amides is 6. The minimum atomic E-state index is -2.94. The highest BCUT2D eigenvalue weighted by atomic mass is 31.1. The van der Waals surface area contributed by atoms with E-state index in [4.69, 9.17) is 37.0 Å². The van der Waals surface area contributed by atoms with Crippen molar-refractivity contribution in [3.05, 3.63) is 72.2 Å². The largest absolute Gasteiger partial charge is 0.805 e. The van der Waals surface area contributed by atoms with Gasteiger partial charge in [-0.2, -0.15) is 10.1 Å².